The van der Waals surface area contributed by atoms with E-state index in [0.29, 0.717) is 13.0 Å². The second-order valence-corrected chi connectivity index (χ2v) is 4.55. The average Bonchev–Trinajstić information content (AvgIpc) is 2.45. The van der Waals surface area contributed by atoms with Gasteiger partial charge in [0.2, 0.25) is 0 Å². The Hall–Kier alpha value is -2.04. The summed E-state index contributed by atoms with van der Waals surface area (Å²) in [4.78, 5) is 21.7. The van der Waals surface area contributed by atoms with E-state index in [9.17, 15) is 9.59 Å². The maximum Gasteiger partial charge on any atom is 0.407 e. The van der Waals surface area contributed by atoms with Crippen LogP contribution < -0.4 is 5.32 Å². The van der Waals surface area contributed by atoms with Gasteiger partial charge in [-0.2, -0.15) is 0 Å². The molecule has 0 aliphatic heterocycles. The molecule has 1 rings (SSSR count). The molecular formula is C15H21NO4. The van der Waals surface area contributed by atoms with E-state index in [4.69, 9.17) is 9.84 Å². The lowest BCUT2D eigenvalue weighted by atomic mass is 10.1. The molecule has 5 heteroatoms. The van der Waals surface area contributed by atoms with Crippen LogP contribution in [0, 0.1) is 0 Å². The summed E-state index contributed by atoms with van der Waals surface area (Å²) in [6, 6.07) is 9.50. The molecular weight excluding hydrogens is 258 g/mol. The highest BCUT2D eigenvalue weighted by Gasteiger charge is 2.01. The van der Waals surface area contributed by atoms with Gasteiger partial charge in [-0.3, -0.25) is 4.79 Å². The van der Waals surface area contributed by atoms with Gasteiger partial charge in [-0.25, -0.2) is 4.79 Å². The van der Waals surface area contributed by atoms with Crippen molar-refractivity contribution in [2.75, 3.05) is 6.54 Å². The Morgan fingerprint density at radius 2 is 1.75 bits per heavy atom. The van der Waals surface area contributed by atoms with Gasteiger partial charge in [-0.1, -0.05) is 43.2 Å². The lowest BCUT2D eigenvalue weighted by Crippen LogP contribution is -2.25. The van der Waals surface area contributed by atoms with Crippen LogP contribution in [-0.4, -0.2) is 23.7 Å². The summed E-state index contributed by atoms with van der Waals surface area (Å²) < 4.78 is 5.06. The number of unbranched alkanes of at least 4 members (excludes halogenated alkanes) is 3. The van der Waals surface area contributed by atoms with Gasteiger partial charge in [0.1, 0.15) is 6.61 Å². The van der Waals surface area contributed by atoms with Crippen molar-refractivity contribution in [1.29, 1.82) is 0 Å². The zero-order valence-corrected chi connectivity index (χ0v) is 11.5. The minimum Gasteiger partial charge on any atom is -0.481 e. The molecule has 0 radical (unpaired) electrons. The molecule has 0 fully saturated rings. The normalized spacial score (nSPS) is 10.0. The number of nitrogens with one attached hydrogen (secondary N) is 1. The van der Waals surface area contributed by atoms with Crippen LogP contribution in [0.1, 0.15) is 37.7 Å². The van der Waals surface area contributed by atoms with Crippen LogP contribution >= 0.6 is 0 Å². The van der Waals surface area contributed by atoms with Crippen LogP contribution in [0.3, 0.4) is 0 Å². The molecule has 0 heterocycles. The van der Waals surface area contributed by atoms with Gasteiger partial charge in [0, 0.05) is 13.0 Å². The number of hydrogen-bond donors (Lipinski definition) is 2. The number of hydrogen-bond acceptors (Lipinski definition) is 3. The molecule has 5 nitrogen and oxygen atoms in total. The Kier molecular flexibility index (Phi) is 7.87. The van der Waals surface area contributed by atoms with Crippen LogP contribution in [0.25, 0.3) is 0 Å². The highest BCUT2D eigenvalue weighted by molar-refractivity contribution is 5.67. The molecule has 0 aliphatic carbocycles. The number of ether oxygens (including phenoxy) is 1. The molecule has 2 N–H and O–H groups in total. The summed E-state index contributed by atoms with van der Waals surface area (Å²) in [5, 5.41) is 11.1. The van der Waals surface area contributed by atoms with Gasteiger partial charge in [-0.15, -0.1) is 0 Å². The van der Waals surface area contributed by atoms with Crippen LogP contribution in [0.5, 0.6) is 0 Å². The van der Waals surface area contributed by atoms with Crippen molar-refractivity contribution < 1.29 is 19.4 Å². The lowest BCUT2D eigenvalue weighted by molar-refractivity contribution is -0.137. The Bertz CT molecular complexity index is 406. The maximum absolute atomic E-state index is 11.4. The van der Waals surface area contributed by atoms with Gasteiger partial charge in [0.05, 0.1) is 0 Å². The number of carbonyl (C=O) groups is 2. The summed E-state index contributed by atoms with van der Waals surface area (Å²) in [7, 11) is 0. The number of carbonyl (C=O) groups excluding carboxylic acids is 1. The smallest absolute Gasteiger partial charge is 0.407 e. The molecule has 1 aromatic carbocycles. The van der Waals surface area contributed by atoms with Gasteiger partial charge >= 0.3 is 12.1 Å². The van der Waals surface area contributed by atoms with Crippen molar-refractivity contribution in [3.8, 4) is 0 Å². The van der Waals surface area contributed by atoms with Gasteiger partial charge in [-0.05, 0) is 18.4 Å². The van der Waals surface area contributed by atoms with Crippen LogP contribution in [0.4, 0.5) is 4.79 Å². The lowest BCUT2D eigenvalue weighted by Gasteiger charge is -2.06. The molecule has 1 aromatic rings. The molecule has 0 spiro atoms. The molecule has 110 valence electrons. The molecule has 20 heavy (non-hydrogen) atoms. The third-order valence-corrected chi connectivity index (χ3v) is 2.80. The topological polar surface area (TPSA) is 75.6 Å². The Labute approximate surface area is 118 Å². The molecule has 0 aliphatic rings. The van der Waals surface area contributed by atoms with Gasteiger partial charge < -0.3 is 15.2 Å². The van der Waals surface area contributed by atoms with Gasteiger partial charge in [0.25, 0.3) is 0 Å². The van der Waals surface area contributed by atoms with E-state index in [1.807, 2.05) is 30.3 Å². The number of carboxylic acids is 1. The minimum absolute atomic E-state index is 0.215. The van der Waals surface area contributed by atoms with E-state index >= 15 is 0 Å². The minimum atomic E-state index is -0.757. The van der Waals surface area contributed by atoms with Crippen molar-refractivity contribution in [1.82, 2.24) is 5.32 Å². The molecule has 1 amide bonds. The predicted octanol–water partition coefficient (Wildman–Crippen LogP) is 2.95. The monoisotopic (exact) mass is 279 g/mol. The Morgan fingerprint density at radius 1 is 1.05 bits per heavy atom. The van der Waals surface area contributed by atoms with E-state index in [2.05, 4.69) is 5.32 Å². The molecule has 0 unspecified atom stereocenters. The van der Waals surface area contributed by atoms with Crippen molar-refractivity contribution >= 4 is 12.1 Å². The summed E-state index contributed by atoms with van der Waals surface area (Å²) in [6.07, 6.45) is 3.10. The second-order valence-electron chi connectivity index (χ2n) is 4.55. The SMILES string of the molecule is O=C(O)CCCCCCNC(=O)OCc1ccccc1. The summed E-state index contributed by atoms with van der Waals surface area (Å²) in [5.41, 5.74) is 0.955. The van der Waals surface area contributed by atoms with E-state index in [0.717, 1.165) is 24.8 Å². The molecule has 0 atom stereocenters. The first-order valence-electron chi connectivity index (χ1n) is 6.85. The van der Waals surface area contributed by atoms with Crippen molar-refractivity contribution in [2.45, 2.75) is 38.7 Å². The molecule has 0 aromatic heterocycles. The number of aliphatic carboxylic acids is 1. The van der Waals surface area contributed by atoms with Crippen molar-refractivity contribution in [2.24, 2.45) is 0 Å². The van der Waals surface area contributed by atoms with E-state index in [1.165, 1.54) is 0 Å². The fourth-order valence-corrected chi connectivity index (χ4v) is 1.72. The average molecular weight is 279 g/mol. The number of amides is 1. The van der Waals surface area contributed by atoms with E-state index < -0.39 is 12.1 Å². The summed E-state index contributed by atoms with van der Waals surface area (Å²) in [6.45, 7) is 0.825. The zero-order valence-electron chi connectivity index (χ0n) is 11.5. The zero-order chi connectivity index (χ0) is 14.6. The second kappa shape index (κ2) is 9.83. The predicted molar refractivity (Wildman–Crippen MR) is 75.4 cm³/mol. The van der Waals surface area contributed by atoms with E-state index in [-0.39, 0.29) is 13.0 Å². The third kappa shape index (κ3) is 8.13. The fraction of sp³-hybridized carbons (Fsp3) is 0.467. The highest BCUT2D eigenvalue weighted by atomic mass is 16.5. The highest BCUT2D eigenvalue weighted by Crippen LogP contribution is 2.03. The quantitative estimate of drug-likeness (QED) is 0.681. The van der Waals surface area contributed by atoms with Crippen molar-refractivity contribution in [3.63, 3.8) is 0 Å². The molecule has 0 saturated heterocycles. The Morgan fingerprint density at radius 3 is 2.45 bits per heavy atom. The largest absolute Gasteiger partial charge is 0.481 e. The van der Waals surface area contributed by atoms with Crippen molar-refractivity contribution in [3.05, 3.63) is 35.9 Å². The van der Waals surface area contributed by atoms with Crippen LogP contribution in [-0.2, 0) is 16.1 Å². The number of rotatable bonds is 9. The Balaban J connectivity index is 1.96. The first-order chi connectivity index (χ1) is 9.68. The first-order valence-corrected chi connectivity index (χ1v) is 6.85. The number of carboxylic acid groups (broad SMARTS) is 1. The van der Waals surface area contributed by atoms with Crippen LogP contribution in [0.2, 0.25) is 0 Å². The first kappa shape index (κ1) is 16.0. The fourth-order valence-electron chi connectivity index (χ4n) is 1.72. The third-order valence-electron chi connectivity index (χ3n) is 2.80. The van der Waals surface area contributed by atoms with Crippen LogP contribution in [0.15, 0.2) is 30.3 Å². The molecule has 0 saturated carbocycles. The summed E-state index contributed by atoms with van der Waals surface area (Å²) >= 11 is 0. The van der Waals surface area contributed by atoms with Gasteiger partial charge in [0.15, 0.2) is 0 Å². The summed E-state index contributed by atoms with van der Waals surface area (Å²) in [5.74, 6) is -0.757. The molecule has 0 bridgehead atoms. The number of alkyl carbamates (subject to hydrolysis) is 1. The maximum atomic E-state index is 11.4. The van der Waals surface area contributed by atoms with E-state index in [1.54, 1.807) is 0 Å². The standard InChI is InChI=1S/C15H21NO4/c17-14(18)10-6-1-2-7-11-16-15(19)20-12-13-8-4-3-5-9-13/h3-5,8-9H,1-2,6-7,10-12H2,(H,16,19)(H,17,18). The number of benzene rings is 1.